The Hall–Kier alpha value is -3.78. The van der Waals surface area contributed by atoms with E-state index in [1.807, 2.05) is 67.6 Å². The van der Waals surface area contributed by atoms with Gasteiger partial charge in [0, 0.05) is 22.8 Å². The maximum atomic E-state index is 14.0. The van der Waals surface area contributed by atoms with Crippen molar-refractivity contribution < 1.29 is 18.4 Å². The average Bonchev–Trinajstić information content (AvgIpc) is 3.04. The van der Waals surface area contributed by atoms with E-state index in [0.29, 0.717) is 28.3 Å². The van der Waals surface area contributed by atoms with Gasteiger partial charge in [0.2, 0.25) is 5.91 Å². The van der Waals surface area contributed by atoms with Gasteiger partial charge in [-0.3, -0.25) is 9.59 Å². The molecule has 0 heterocycles. The summed E-state index contributed by atoms with van der Waals surface area (Å²) in [5, 5.41) is 6.53. The molecule has 0 saturated heterocycles. The van der Waals surface area contributed by atoms with Crippen LogP contribution >= 0.6 is 11.6 Å². The zero-order chi connectivity index (χ0) is 33.6. The predicted octanol–water partition coefficient (Wildman–Crippen LogP) is 8.92. The maximum absolute atomic E-state index is 14.0. The van der Waals surface area contributed by atoms with E-state index < -0.39 is 17.0 Å². The third-order valence-corrected chi connectivity index (χ3v) is 10.1. The quantitative estimate of drug-likeness (QED) is 0.139. The van der Waals surface area contributed by atoms with Crippen LogP contribution in [0.5, 0.6) is 0 Å². The molecule has 0 bridgehead atoms. The molecule has 1 saturated carbocycles. The molecular weight excluding hydrogens is 628 g/mol. The Bertz CT molecular complexity index is 1730. The third-order valence-electron chi connectivity index (χ3n) is 9.31. The summed E-state index contributed by atoms with van der Waals surface area (Å²) in [5.74, 6) is -0.399. The minimum Gasteiger partial charge on any atom is -0.351 e. The molecule has 2 amide bonds. The van der Waals surface area contributed by atoms with Crippen LogP contribution in [0.1, 0.15) is 84.0 Å². The van der Waals surface area contributed by atoms with Crippen LogP contribution in [-0.4, -0.2) is 32.9 Å². The molecule has 0 radical (unpaired) electrons. The second kappa shape index (κ2) is 15.4. The van der Waals surface area contributed by atoms with E-state index in [1.54, 1.807) is 12.1 Å². The molecule has 1 aliphatic rings. The van der Waals surface area contributed by atoms with Gasteiger partial charge in [-0.2, -0.15) is 0 Å². The summed E-state index contributed by atoms with van der Waals surface area (Å²) < 4.78 is 19.9. The van der Waals surface area contributed by atoms with Crippen LogP contribution < -0.4 is 10.6 Å². The lowest BCUT2D eigenvalue weighted by molar-refractivity contribution is -0.117. The van der Waals surface area contributed by atoms with Crippen LogP contribution in [0.25, 0.3) is 11.1 Å². The van der Waals surface area contributed by atoms with Crippen molar-refractivity contribution in [2.45, 2.75) is 64.7 Å². The number of carbonyl (C=O) groups excluding carboxylic acids is 2. The fourth-order valence-electron chi connectivity index (χ4n) is 6.42. The molecule has 3 N–H and O–H groups in total. The van der Waals surface area contributed by atoms with Gasteiger partial charge in [0.05, 0.1) is 11.7 Å². The number of anilines is 1. The van der Waals surface area contributed by atoms with Crippen molar-refractivity contribution >= 4 is 40.2 Å². The first-order chi connectivity index (χ1) is 22.5. The smallest absolute Gasteiger partial charge is 0.251 e. The average molecular weight is 671 g/mol. The number of nitrogens with one attached hydrogen (secondary N) is 2. The molecule has 6 nitrogen and oxygen atoms in total. The molecule has 0 spiro atoms. The minimum absolute atomic E-state index is 0.0260. The maximum Gasteiger partial charge on any atom is 0.251 e. The molecule has 4 aromatic carbocycles. The summed E-state index contributed by atoms with van der Waals surface area (Å²) in [5.41, 5.74) is 7.95. The Kier molecular flexibility index (Phi) is 11.3. The zero-order valence-electron chi connectivity index (χ0n) is 27.2. The highest BCUT2D eigenvalue weighted by Crippen LogP contribution is 2.43. The molecule has 5 rings (SSSR count). The predicted molar refractivity (Wildman–Crippen MR) is 193 cm³/mol. The van der Waals surface area contributed by atoms with Gasteiger partial charge in [0.25, 0.3) is 5.91 Å². The molecule has 2 atom stereocenters. The van der Waals surface area contributed by atoms with Crippen molar-refractivity contribution in [1.82, 2.24) is 5.32 Å². The van der Waals surface area contributed by atoms with Gasteiger partial charge in [-0.1, -0.05) is 80.0 Å². The number of halogens is 1. The van der Waals surface area contributed by atoms with Gasteiger partial charge in [-0.15, -0.1) is 0 Å². The Morgan fingerprint density at radius 2 is 1.66 bits per heavy atom. The first-order valence-electron chi connectivity index (χ1n) is 16.2. The van der Waals surface area contributed by atoms with Crippen LogP contribution in [0.2, 0.25) is 5.02 Å². The molecule has 8 heteroatoms. The van der Waals surface area contributed by atoms with E-state index in [2.05, 4.69) is 42.7 Å². The normalized spacial score (nSPS) is 15.9. The van der Waals surface area contributed by atoms with Crippen LogP contribution in [0.4, 0.5) is 5.69 Å². The SMILES string of the molecule is Cc1cc(Cl)ccc1-c1ccc(NC(=O)[C@H](Cc2ccc(C(=O)NCCS(=O)O)cc2)c2cccc(C3CCC(C)(C)CC3)c2)cc1. The van der Waals surface area contributed by atoms with Crippen LogP contribution in [-0.2, 0) is 22.3 Å². The van der Waals surface area contributed by atoms with Crippen molar-refractivity contribution in [2.75, 3.05) is 17.6 Å². The van der Waals surface area contributed by atoms with Crippen molar-refractivity contribution in [1.29, 1.82) is 0 Å². The lowest BCUT2D eigenvalue weighted by Crippen LogP contribution is -2.27. The Labute approximate surface area is 285 Å². The van der Waals surface area contributed by atoms with Gasteiger partial charge in [0.1, 0.15) is 0 Å². The molecule has 47 heavy (non-hydrogen) atoms. The molecule has 0 aliphatic heterocycles. The molecule has 4 aromatic rings. The molecule has 1 unspecified atom stereocenters. The number of aryl methyl sites for hydroxylation is 1. The third kappa shape index (κ3) is 9.40. The van der Waals surface area contributed by atoms with E-state index in [9.17, 15) is 13.8 Å². The largest absolute Gasteiger partial charge is 0.351 e. The lowest BCUT2D eigenvalue weighted by Gasteiger charge is -2.34. The summed E-state index contributed by atoms with van der Waals surface area (Å²) in [6, 6.07) is 29.4. The van der Waals surface area contributed by atoms with Crippen molar-refractivity contribution in [3.8, 4) is 11.1 Å². The summed E-state index contributed by atoms with van der Waals surface area (Å²) in [6.07, 6.45) is 5.12. The van der Waals surface area contributed by atoms with E-state index in [4.69, 9.17) is 16.2 Å². The highest BCUT2D eigenvalue weighted by molar-refractivity contribution is 7.79. The van der Waals surface area contributed by atoms with Gasteiger partial charge in [-0.25, -0.2) is 4.21 Å². The van der Waals surface area contributed by atoms with E-state index >= 15 is 0 Å². The summed E-state index contributed by atoms with van der Waals surface area (Å²) in [6.45, 7) is 6.83. The van der Waals surface area contributed by atoms with Gasteiger partial charge >= 0.3 is 0 Å². The second-order valence-corrected chi connectivity index (χ2v) is 14.9. The fraction of sp³-hybridized carbons (Fsp3) is 0.333. The standard InChI is InChI=1S/C39H43ClN2O4S/c1-26-23-33(40)13-16-35(26)29-11-14-34(15-12-29)42-38(44)36(24-27-7-9-30(10-8-27)37(43)41-21-22-47(45)46)32-6-4-5-31(25-32)28-17-19-39(2,3)20-18-28/h4-16,23,25,28,36H,17-22,24H2,1-3H3,(H,41,43)(H,42,44)(H,45,46)/t36-/m1/s1. The number of amides is 2. The second-order valence-electron chi connectivity index (χ2n) is 13.4. The lowest BCUT2D eigenvalue weighted by atomic mass is 9.71. The highest BCUT2D eigenvalue weighted by atomic mass is 35.5. The Morgan fingerprint density at radius 1 is 0.957 bits per heavy atom. The first-order valence-corrected chi connectivity index (χ1v) is 17.8. The monoisotopic (exact) mass is 670 g/mol. The van der Waals surface area contributed by atoms with Crippen LogP contribution in [0.3, 0.4) is 0 Å². The number of hydrogen-bond acceptors (Lipinski definition) is 3. The van der Waals surface area contributed by atoms with Gasteiger partial charge in [0.15, 0.2) is 11.1 Å². The highest BCUT2D eigenvalue weighted by Gasteiger charge is 2.29. The summed E-state index contributed by atoms with van der Waals surface area (Å²) in [4.78, 5) is 26.6. The number of hydrogen-bond donors (Lipinski definition) is 3. The zero-order valence-corrected chi connectivity index (χ0v) is 28.8. The first kappa shape index (κ1) is 34.6. The van der Waals surface area contributed by atoms with Gasteiger partial charge < -0.3 is 15.2 Å². The van der Waals surface area contributed by atoms with Crippen molar-refractivity contribution in [2.24, 2.45) is 5.41 Å². The van der Waals surface area contributed by atoms with Crippen molar-refractivity contribution in [3.63, 3.8) is 0 Å². The van der Waals surface area contributed by atoms with E-state index in [1.165, 1.54) is 18.4 Å². The number of benzene rings is 4. The fourth-order valence-corrected chi connectivity index (χ4v) is 6.92. The van der Waals surface area contributed by atoms with Crippen molar-refractivity contribution in [3.05, 3.63) is 124 Å². The number of carbonyl (C=O) groups is 2. The molecule has 1 fully saturated rings. The molecule has 246 valence electrons. The molecule has 1 aliphatic carbocycles. The van der Waals surface area contributed by atoms with Crippen LogP contribution in [0, 0.1) is 12.3 Å². The molecular formula is C39H43ClN2O4S. The topological polar surface area (TPSA) is 95.5 Å². The summed E-state index contributed by atoms with van der Waals surface area (Å²) in [7, 11) is 0. The Balaban J connectivity index is 1.36. The summed E-state index contributed by atoms with van der Waals surface area (Å²) >= 11 is 4.19. The minimum atomic E-state index is -1.96. The molecule has 0 aromatic heterocycles. The van der Waals surface area contributed by atoms with E-state index in [-0.39, 0.29) is 24.1 Å². The van der Waals surface area contributed by atoms with E-state index in [0.717, 1.165) is 46.3 Å². The number of rotatable bonds is 11. The van der Waals surface area contributed by atoms with Crippen LogP contribution in [0.15, 0.2) is 91.0 Å². The van der Waals surface area contributed by atoms with Gasteiger partial charge in [-0.05, 0) is 120 Å². The Morgan fingerprint density at radius 3 is 2.32 bits per heavy atom.